The summed E-state index contributed by atoms with van der Waals surface area (Å²) in [6.45, 7) is 0.347. The molecule has 90 valence electrons. The van der Waals surface area contributed by atoms with Crippen molar-refractivity contribution in [2.24, 2.45) is 10.9 Å². The Kier molecular flexibility index (Phi) is 4.11. The summed E-state index contributed by atoms with van der Waals surface area (Å²) >= 11 is 0. The van der Waals surface area contributed by atoms with Crippen molar-refractivity contribution in [3.63, 3.8) is 0 Å². The van der Waals surface area contributed by atoms with E-state index in [2.05, 4.69) is 0 Å². The van der Waals surface area contributed by atoms with Crippen LogP contribution in [0.4, 0.5) is 0 Å². The van der Waals surface area contributed by atoms with Crippen LogP contribution in [0.1, 0.15) is 38.5 Å². The third kappa shape index (κ3) is 2.90. The van der Waals surface area contributed by atoms with E-state index in [0.717, 1.165) is 38.5 Å². The van der Waals surface area contributed by atoms with Gasteiger partial charge < -0.3 is 5.73 Å². The summed E-state index contributed by atoms with van der Waals surface area (Å²) < 4.78 is 24.0. The zero-order valence-electron chi connectivity index (χ0n) is 9.28. The molecule has 1 rings (SSSR count). The Morgan fingerprint density at radius 3 is 2.00 bits per heavy atom. The molecule has 0 aliphatic heterocycles. The van der Waals surface area contributed by atoms with Gasteiger partial charge in [-0.15, -0.1) is 0 Å². The number of hydrogen-bond acceptors (Lipinski definition) is 3. The van der Waals surface area contributed by atoms with E-state index in [1.165, 1.54) is 11.4 Å². The van der Waals surface area contributed by atoms with Crippen molar-refractivity contribution in [3.8, 4) is 0 Å². The van der Waals surface area contributed by atoms with Crippen LogP contribution in [0.15, 0.2) is 0 Å². The number of nitrogens with zero attached hydrogens (tertiary/aromatic N) is 1. The van der Waals surface area contributed by atoms with Crippen molar-refractivity contribution >= 4 is 10.2 Å². The van der Waals surface area contributed by atoms with Crippen LogP contribution in [0.2, 0.25) is 0 Å². The fourth-order valence-electron chi connectivity index (χ4n) is 2.30. The van der Waals surface area contributed by atoms with Crippen LogP contribution in [-0.2, 0) is 10.2 Å². The summed E-state index contributed by atoms with van der Waals surface area (Å²) in [6, 6.07) is 0. The molecule has 1 saturated carbocycles. The SMILES string of the molecule is CN(C1(CN)CCCCCC1)S(N)(=O)=O. The highest BCUT2D eigenvalue weighted by Gasteiger charge is 2.38. The minimum atomic E-state index is -3.64. The van der Waals surface area contributed by atoms with Gasteiger partial charge in [-0.25, -0.2) is 5.14 Å². The third-order valence-corrected chi connectivity index (χ3v) is 4.61. The Morgan fingerprint density at radius 1 is 1.20 bits per heavy atom. The summed E-state index contributed by atoms with van der Waals surface area (Å²) in [5.74, 6) is 0. The molecule has 1 aliphatic carbocycles. The smallest absolute Gasteiger partial charge is 0.277 e. The maximum Gasteiger partial charge on any atom is 0.277 e. The van der Waals surface area contributed by atoms with Crippen molar-refractivity contribution in [3.05, 3.63) is 0 Å². The van der Waals surface area contributed by atoms with E-state index in [4.69, 9.17) is 10.9 Å². The van der Waals surface area contributed by atoms with Gasteiger partial charge in [-0.2, -0.15) is 12.7 Å². The first-order valence-electron chi connectivity index (χ1n) is 5.39. The van der Waals surface area contributed by atoms with E-state index in [0.29, 0.717) is 6.54 Å². The van der Waals surface area contributed by atoms with E-state index < -0.39 is 15.7 Å². The molecule has 0 saturated heterocycles. The second kappa shape index (κ2) is 4.78. The van der Waals surface area contributed by atoms with Gasteiger partial charge in [0.2, 0.25) is 0 Å². The average Bonchev–Trinajstić information content (AvgIpc) is 2.41. The van der Waals surface area contributed by atoms with E-state index >= 15 is 0 Å². The molecule has 0 unspecified atom stereocenters. The summed E-state index contributed by atoms with van der Waals surface area (Å²) in [6.07, 6.45) is 5.99. The van der Waals surface area contributed by atoms with E-state index in [1.54, 1.807) is 0 Å². The van der Waals surface area contributed by atoms with Gasteiger partial charge in [0, 0.05) is 19.1 Å². The first-order chi connectivity index (χ1) is 6.92. The van der Waals surface area contributed by atoms with Crippen molar-refractivity contribution in [1.82, 2.24) is 4.31 Å². The molecule has 1 aliphatic rings. The van der Waals surface area contributed by atoms with Gasteiger partial charge in [0.25, 0.3) is 10.2 Å². The molecule has 0 radical (unpaired) electrons. The molecular weight excluding hydrogens is 214 g/mol. The highest BCUT2D eigenvalue weighted by Crippen LogP contribution is 2.31. The molecule has 0 aromatic carbocycles. The molecule has 6 heteroatoms. The fourth-order valence-corrected chi connectivity index (χ4v) is 3.10. The van der Waals surface area contributed by atoms with Crippen molar-refractivity contribution < 1.29 is 8.42 Å². The standard InChI is InChI=1S/C9H21N3O2S/c1-12(15(11,13)14)9(8-10)6-4-2-3-5-7-9/h2-8,10H2,1H3,(H2,11,13,14). The van der Waals surface area contributed by atoms with Crippen LogP contribution in [0, 0.1) is 0 Å². The Hall–Kier alpha value is -0.170. The van der Waals surface area contributed by atoms with Crippen LogP contribution in [-0.4, -0.2) is 31.9 Å². The Labute approximate surface area is 92.0 Å². The second-order valence-electron chi connectivity index (χ2n) is 4.36. The van der Waals surface area contributed by atoms with Gasteiger partial charge in [-0.1, -0.05) is 25.7 Å². The molecule has 0 atom stereocenters. The lowest BCUT2D eigenvalue weighted by molar-refractivity contribution is 0.196. The minimum Gasteiger partial charge on any atom is -0.329 e. The number of likely N-dealkylation sites (N-methyl/N-ethyl adjacent to an activating group) is 1. The normalized spacial score (nSPS) is 22.7. The monoisotopic (exact) mass is 235 g/mol. The van der Waals surface area contributed by atoms with Crippen LogP contribution in [0.3, 0.4) is 0 Å². The van der Waals surface area contributed by atoms with Crippen molar-refractivity contribution in [1.29, 1.82) is 0 Å². The highest BCUT2D eigenvalue weighted by molar-refractivity contribution is 7.86. The van der Waals surface area contributed by atoms with Gasteiger partial charge >= 0.3 is 0 Å². The number of nitrogens with two attached hydrogens (primary N) is 2. The molecule has 4 N–H and O–H groups in total. The predicted octanol–water partition coefficient (Wildman–Crippen LogP) is 0.173. The maximum absolute atomic E-state index is 11.4. The molecular formula is C9H21N3O2S. The molecule has 5 nitrogen and oxygen atoms in total. The summed E-state index contributed by atoms with van der Waals surface area (Å²) in [4.78, 5) is 0. The van der Waals surface area contributed by atoms with Gasteiger partial charge in [0.05, 0.1) is 0 Å². The maximum atomic E-state index is 11.4. The molecule has 15 heavy (non-hydrogen) atoms. The van der Waals surface area contributed by atoms with Crippen LogP contribution < -0.4 is 10.9 Å². The Balaban J connectivity index is 2.91. The first-order valence-corrected chi connectivity index (χ1v) is 6.89. The Morgan fingerprint density at radius 2 is 1.67 bits per heavy atom. The molecule has 0 heterocycles. The third-order valence-electron chi connectivity index (χ3n) is 3.46. The van der Waals surface area contributed by atoms with Gasteiger partial charge in [-0.05, 0) is 12.8 Å². The molecule has 0 bridgehead atoms. The van der Waals surface area contributed by atoms with Crippen LogP contribution in [0.5, 0.6) is 0 Å². The van der Waals surface area contributed by atoms with Crippen LogP contribution >= 0.6 is 0 Å². The zero-order valence-corrected chi connectivity index (χ0v) is 10.1. The van der Waals surface area contributed by atoms with Gasteiger partial charge in [0.1, 0.15) is 0 Å². The topological polar surface area (TPSA) is 89.4 Å². The zero-order chi connectivity index (χ0) is 11.5. The molecule has 0 spiro atoms. The lowest BCUT2D eigenvalue weighted by Crippen LogP contribution is -2.55. The molecule has 0 aromatic rings. The quantitative estimate of drug-likeness (QED) is 0.683. The first kappa shape index (κ1) is 12.9. The highest BCUT2D eigenvalue weighted by atomic mass is 32.2. The van der Waals surface area contributed by atoms with Gasteiger partial charge in [0.15, 0.2) is 0 Å². The van der Waals surface area contributed by atoms with Crippen LogP contribution in [0.25, 0.3) is 0 Å². The fraction of sp³-hybridized carbons (Fsp3) is 1.00. The molecule has 0 amide bonds. The van der Waals surface area contributed by atoms with E-state index in [9.17, 15) is 8.42 Å². The summed E-state index contributed by atoms with van der Waals surface area (Å²) in [7, 11) is -2.10. The van der Waals surface area contributed by atoms with Gasteiger partial charge in [-0.3, -0.25) is 0 Å². The molecule has 0 aromatic heterocycles. The Bertz CT molecular complexity index is 294. The average molecular weight is 235 g/mol. The summed E-state index contributed by atoms with van der Waals surface area (Å²) in [5, 5.41) is 5.16. The summed E-state index contributed by atoms with van der Waals surface area (Å²) in [5.41, 5.74) is 5.29. The lowest BCUT2D eigenvalue weighted by atomic mass is 9.90. The lowest BCUT2D eigenvalue weighted by Gasteiger charge is -2.38. The predicted molar refractivity (Wildman–Crippen MR) is 60.4 cm³/mol. The number of hydrogen-bond donors (Lipinski definition) is 2. The number of rotatable bonds is 3. The minimum absolute atomic E-state index is 0.347. The van der Waals surface area contributed by atoms with Crippen molar-refractivity contribution in [2.45, 2.75) is 44.1 Å². The largest absolute Gasteiger partial charge is 0.329 e. The van der Waals surface area contributed by atoms with Crippen molar-refractivity contribution in [2.75, 3.05) is 13.6 Å². The molecule has 1 fully saturated rings. The van der Waals surface area contributed by atoms with E-state index in [1.807, 2.05) is 0 Å². The van der Waals surface area contributed by atoms with E-state index in [-0.39, 0.29) is 0 Å². The second-order valence-corrected chi connectivity index (χ2v) is 5.93.